The summed E-state index contributed by atoms with van der Waals surface area (Å²) < 4.78 is 39.3. The predicted molar refractivity (Wildman–Crippen MR) is 30.5 cm³/mol. The van der Waals surface area contributed by atoms with E-state index >= 15 is 0 Å². The summed E-state index contributed by atoms with van der Waals surface area (Å²) in [6.07, 6.45) is -6.15. The van der Waals surface area contributed by atoms with Crippen LogP contribution in [0.4, 0.5) is 13.2 Å². The van der Waals surface area contributed by atoms with Gasteiger partial charge in [-0.2, -0.15) is 13.2 Å². The number of nitrogens with one attached hydrogen (secondary N) is 1. The standard InChI is InChI=1S/C5H10F3NO/c1-3-9-4(10-2)5(6,7)8/h4,9H,3H2,1-2H3. The van der Waals surface area contributed by atoms with Crippen molar-refractivity contribution in [2.24, 2.45) is 0 Å². The molecular formula is C5H10F3NO. The van der Waals surface area contributed by atoms with Crippen LogP contribution in [0.5, 0.6) is 0 Å². The van der Waals surface area contributed by atoms with Gasteiger partial charge >= 0.3 is 6.18 Å². The molecule has 1 unspecified atom stereocenters. The average molecular weight is 157 g/mol. The Labute approximate surface area is 57.4 Å². The summed E-state index contributed by atoms with van der Waals surface area (Å²) in [6.45, 7) is 1.82. The molecular weight excluding hydrogens is 147 g/mol. The van der Waals surface area contributed by atoms with Gasteiger partial charge in [0.1, 0.15) is 0 Å². The smallest absolute Gasteiger partial charge is 0.358 e. The van der Waals surface area contributed by atoms with Gasteiger partial charge in [-0.05, 0) is 6.54 Å². The molecule has 0 aliphatic rings. The van der Waals surface area contributed by atoms with Crippen LogP contribution in [0.1, 0.15) is 6.92 Å². The molecule has 0 aromatic rings. The van der Waals surface area contributed by atoms with Crippen LogP contribution in [0.25, 0.3) is 0 Å². The summed E-state index contributed by atoms with van der Waals surface area (Å²) in [7, 11) is 1.01. The monoisotopic (exact) mass is 157 g/mol. The maximum atomic E-state index is 11.7. The van der Waals surface area contributed by atoms with Gasteiger partial charge < -0.3 is 4.74 Å². The third kappa shape index (κ3) is 3.03. The first-order valence-corrected chi connectivity index (χ1v) is 2.85. The lowest BCUT2D eigenvalue weighted by Crippen LogP contribution is -2.43. The molecule has 1 N–H and O–H groups in total. The van der Waals surface area contributed by atoms with E-state index in [0.29, 0.717) is 0 Å². The first-order chi connectivity index (χ1) is 4.52. The minimum atomic E-state index is -4.31. The Kier molecular flexibility index (Phi) is 3.67. The molecule has 0 radical (unpaired) electrons. The Hall–Kier alpha value is -0.290. The van der Waals surface area contributed by atoms with E-state index in [2.05, 4.69) is 10.1 Å². The highest BCUT2D eigenvalue weighted by Gasteiger charge is 2.39. The van der Waals surface area contributed by atoms with Crippen molar-refractivity contribution in [3.8, 4) is 0 Å². The summed E-state index contributed by atoms with van der Waals surface area (Å²) in [4.78, 5) is 0. The van der Waals surface area contributed by atoms with Crippen LogP contribution in [-0.2, 0) is 4.74 Å². The van der Waals surface area contributed by atoms with E-state index in [9.17, 15) is 13.2 Å². The zero-order chi connectivity index (χ0) is 8.20. The molecule has 0 fully saturated rings. The minimum absolute atomic E-state index is 0.234. The molecule has 0 rings (SSSR count). The van der Waals surface area contributed by atoms with E-state index in [1.54, 1.807) is 6.92 Å². The van der Waals surface area contributed by atoms with Crippen molar-refractivity contribution in [2.75, 3.05) is 13.7 Å². The van der Waals surface area contributed by atoms with Crippen molar-refractivity contribution in [1.29, 1.82) is 0 Å². The van der Waals surface area contributed by atoms with Crippen LogP contribution < -0.4 is 5.32 Å². The number of hydrogen-bond donors (Lipinski definition) is 1. The fraction of sp³-hybridized carbons (Fsp3) is 1.00. The molecule has 10 heavy (non-hydrogen) atoms. The highest BCUT2D eigenvalue weighted by molar-refractivity contribution is 4.62. The van der Waals surface area contributed by atoms with E-state index in [-0.39, 0.29) is 6.54 Å². The SMILES string of the molecule is CCNC(OC)C(F)(F)F. The molecule has 0 saturated heterocycles. The normalized spacial score (nSPS) is 15.3. The molecule has 0 saturated carbocycles. The highest BCUT2D eigenvalue weighted by atomic mass is 19.4. The lowest BCUT2D eigenvalue weighted by molar-refractivity contribution is -0.222. The number of halogens is 3. The lowest BCUT2D eigenvalue weighted by atomic mass is 10.5. The van der Waals surface area contributed by atoms with Crippen LogP contribution in [0, 0.1) is 0 Å². The van der Waals surface area contributed by atoms with Crippen LogP contribution in [0.2, 0.25) is 0 Å². The van der Waals surface area contributed by atoms with Gasteiger partial charge in [-0.15, -0.1) is 0 Å². The fourth-order valence-electron chi connectivity index (χ4n) is 0.518. The second-order valence-electron chi connectivity index (χ2n) is 1.72. The summed E-state index contributed by atoms with van der Waals surface area (Å²) in [5.74, 6) is 0. The number of methoxy groups -OCH3 is 1. The van der Waals surface area contributed by atoms with E-state index in [1.165, 1.54) is 0 Å². The van der Waals surface area contributed by atoms with E-state index in [0.717, 1.165) is 7.11 Å². The maximum absolute atomic E-state index is 11.7. The molecule has 0 amide bonds. The second kappa shape index (κ2) is 3.78. The van der Waals surface area contributed by atoms with Gasteiger partial charge in [-0.1, -0.05) is 6.92 Å². The third-order valence-corrected chi connectivity index (χ3v) is 0.923. The quantitative estimate of drug-likeness (QED) is 0.620. The van der Waals surface area contributed by atoms with Crippen molar-refractivity contribution in [2.45, 2.75) is 19.3 Å². The molecule has 1 atom stereocenters. The minimum Gasteiger partial charge on any atom is -0.358 e. The van der Waals surface area contributed by atoms with Gasteiger partial charge in [-0.3, -0.25) is 5.32 Å². The molecule has 62 valence electrons. The topological polar surface area (TPSA) is 21.3 Å². The van der Waals surface area contributed by atoms with Crippen LogP contribution in [0.3, 0.4) is 0 Å². The van der Waals surface area contributed by atoms with E-state index in [4.69, 9.17) is 0 Å². The van der Waals surface area contributed by atoms with Gasteiger partial charge in [-0.25, -0.2) is 0 Å². The van der Waals surface area contributed by atoms with Gasteiger partial charge in [0.05, 0.1) is 0 Å². The first kappa shape index (κ1) is 9.71. The summed E-state index contributed by atoms with van der Waals surface area (Å²) in [5, 5.41) is 2.12. The predicted octanol–water partition coefficient (Wildman–Crippen LogP) is 1.13. The number of rotatable bonds is 3. The largest absolute Gasteiger partial charge is 0.428 e. The Bertz CT molecular complexity index is 93.4. The van der Waals surface area contributed by atoms with E-state index < -0.39 is 12.4 Å². The Morgan fingerprint density at radius 3 is 2.10 bits per heavy atom. The van der Waals surface area contributed by atoms with Crippen LogP contribution in [0.15, 0.2) is 0 Å². The number of ether oxygens (including phenoxy) is 1. The molecule has 2 nitrogen and oxygen atoms in total. The molecule has 0 aliphatic carbocycles. The van der Waals surface area contributed by atoms with Crippen LogP contribution in [-0.4, -0.2) is 26.1 Å². The lowest BCUT2D eigenvalue weighted by Gasteiger charge is -2.18. The van der Waals surface area contributed by atoms with E-state index in [1.807, 2.05) is 0 Å². The summed E-state index contributed by atoms with van der Waals surface area (Å²) >= 11 is 0. The molecule has 0 aliphatic heterocycles. The van der Waals surface area contributed by atoms with Crippen molar-refractivity contribution in [1.82, 2.24) is 5.32 Å². The molecule has 0 bridgehead atoms. The molecule has 0 heterocycles. The van der Waals surface area contributed by atoms with Gasteiger partial charge in [0.25, 0.3) is 0 Å². The second-order valence-corrected chi connectivity index (χ2v) is 1.72. The van der Waals surface area contributed by atoms with Crippen molar-refractivity contribution < 1.29 is 17.9 Å². The molecule has 5 heteroatoms. The Balaban J connectivity index is 3.81. The van der Waals surface area contributed by atoms with Crippen molar-refractivity contribution in [3.05, 3.63) is 0 Å². The summed E-state index contributed by atoms with van der Waals surface area (Å²) in [6, 6.07) is 0. The number of alkyl halides is 3. The van der Waals surface area contributed by atoms with Crippen LogP contribution >= 0.6 is 0 Å². The van der Waals surface area contributed by atoms with Gasteiger partial charge in [0.2, 0.25) is 6.23 Å². The zero-order valence-corrected chi connectivity index (χ0v) is 5.83. The molecule has 0 aromatic heterocycles. The Morgan fingerprint density at radius 1 is 1.50 bits per heavy atom. The Morgan fingerprint density at radius 2 is 2.00 bits per heavy atom. The summed E-state index contributed by atoms with van der Waals surface area (Å²) in [5.41, 5.74) is 0. The average Bonchev–Trinajstić information content (AvgIpc) is 1.80. The highest BCUT2D eigenvalue weighted by Crippen LogP contribution is 2.19. The maximum Gasteiger partial charge on any atom is 0.428 e. The first-order valence-electron chi connectivity index (χ1n) is 2.85. The fourth-order valence-corrected chi connectivity index (χ4v) is 0.518. The van der Waals surface area contributed by atoms with Crippen molar-refractivity contribution >= 4 is 0 Å². The number of hydrogen-bond acceptors (Lipinski definition) is 2. The van der Waals surface area contributed by atoms with Gasteiger partial charge in [0.15, 0.2) is 0 Å². The zero-order valence-electron chi connectivity index (χ0n) is 5.83. The van der Waals surface area contributed by atoms with Gasteiger partial charge in [0, 0.05) is 7.11 Å². The molecule has 0 spiro atoms. The van der Waals surface area contributed by atoms with Crippen molar-refractivity contribution in [3.63, 3.8) is 0 Å². The third-order valence-electron chi connectivity index (χ3n) is 0.923. The molecule has 0 aromatic carbocycles.